The monoisotopic (exact) mass is 444 g/mol. The lowest BCUT2D eigenvalue weighted by atomic mass is 10.0. The Balaban J connectivity index is 2.06. The van der Waals surface area contributed by atoms with Crippen molar-refractivity contribution in [2.45, 2.75) is 13.0 Å². The van der Waals surface area contributed by atoms with E-state index < -0.39 is 11.7 Å². The number of benzene rings is 2. The fourth-order valence-corrected chi connectivity index (χ4v) is 2.92. The SMILES string of the molecule is CC(=O)Nc1ccc([C@H](O)/C(=N/NC(N)=S)c2nc3ccc(Cl)cc3[nH]c2=O)cc1. The van der Waals surface area contributed by atoms with E-state index in [9.17, 15) is 14.7 Å². The summed E-state index contributed by atoms with van der Waals surface area (Å²) in [4.78, 5) is 30.8. The second-order valence-electron chi connectivity index (χ2n) is 6.25. The number of aromatic amines is 1. The van der Waals surface area contributed by atoms with Gasteiger partial charge in [-0.3, -0.25) is 15.0 Å². The summed E-state index contributed by atoms with van der Waals surface area (Å²) in [6.45, 7) is 1.39. The number of aliphatic hydroxyl groups is 1. The maximum atomic E-state index is 12.6. The number of hydrazone groups is 1. The number of thiocarbonyl (C=S) groups is 1. The van der Waals surface area contributed by atoms with Gasteiger partial charge in [-0.15, -0.1) is 0 Å². The molecule has 2 aromatic carbocycles. The summed E-state index contributed by atoms with van der Waals surface area (Å²) in [6.07, 6.45) is -1.34. The number of aromatic nitrogens is 2. The van der Waals surface area contributed by atoms with Crippen molar-refractivity contribution in [3.63, 3.8) is 0 Å². The first-order valence-electron chi connectivity index (χ1n) is 8.63. The van der Waals surface area contributed by atoms with E-state index in [0.29, 0.717) is 27.3 Å². The Morgan fingerprint density at radius 3 is 2.63 bits per heavy atom. The third kappa shape index (κ3) is 4.98. The highest BCUT2D eigenvalue weighted by molar-refractivity contribution is 7.80. The molecule has 3 rings (SSSR count). The van der Waals surface area contributed by atoms with Crippen LogP contribution in [0.2, 0.25) is 5.02 Å². The van der Waals surface area contributed by atoms with Crippen LogP contribution in [0, 0.1) is 0 Å². The summed E-state index contributed by atoms with van der Waals surface area (Å²) in [5.74, 6) is -0.224. The average molecular weight is 445 g/mol. The number of aliphatic hydroxyl groups excluding tert-OH is 1. The van der Waals surface area contributed by atoms with Crippen LogP contribution in [0.15, 0.2) is 52.4 Å². The number of anilines is 1. The number of carbonyl (C=O) groups is 1. The van der Waals surface area contributed by atoms with Gasteiger partial charge in [-0.1, -0.05) is 23.7 Å². The third-order valence-corrected chi connectivity index (χ3v) is 4.32. The van der Waals surface area contributed by atoms with Crippen LogP contribution in [0.3, 0.4) is 0 Å². The Morgan fingerprint density at radius 2 is 2.00 bits per heavy atom. The first-order valence-corrected chi connectivity index (χ1v) is 9.42. The minimum atomic E-state index is -1.34. The Bertz CT molecular complexity index is 1210. The summed E-state index contributed by atoms with van der Waals surface area (Å²) < 4.78 is 0. The molecular formula is C19H17ClN6O3S. The smallest absolute Gasteiger partial charge is 0.276 e. The fraction of sp³-hybridized carbons (Fsp3) is 0.105. The molecule has 0 aliphatic carbocycles. The van der Waals surface area contributed by atoms with Crippen LogP contribution in [0.5, 0.6) is 0 Å². The van der Waals surface area contributed by atoms with Crippen molar-refractivity contribution in [1.29, 1.82) is 0 Å². The molecule has 6 N–H and O–H groups in total. The van der Waals surface area contributed by atoms with E-state index in [1.165, 1.54) is 6.92 Å². The van der Waals surface area contributed by atoms with Gasteiger partial charge in [0.1, 0.15) is 11.8 Å². The number of nitrogens with zero attached hydrogens (tertiary/aromatic N) is 2. The van der Waals surface area contributed by atoms with Gasteiger partial charge < -0.3 is 21.1 Å². The summed E-state index contributed by atoms with van der Waals surface area (Å²) in [7, 11) is 0. The van der Waals surface area contributed by atoms with E-state index in [1.54, 1.807) is 42.5 Å². The Morgan fingerprint density at radius 1 is 1.30 bits per heavy atom. The number of rotatable bonds is 5. The standard InChI is InChI=1S/C19H17ClN6O3S/c1-9(27)22-12-5-2-10(3-6-12)17(28)15(25-26-19(21)30)16-18(29)24-14-8-11(20)4-7-13(14)23-16/h2-8,17,28H,1H3,(H,22,27)(H,24,29)(H3,21,26,30)/b25-15+/t17-/m0/s1. The highest BCUT2D eigenvalue weighted by Gasteiger charge is 2.23. The van der Waals surface area contributed by atoms with Gasteiger partial charge in [0.25, 0.3) is 5.56 Å². The van der Waals surface area contributed by atoms with Crippen molar-refractivity contribution < 1.29 is 9.90 Å². The van der Waals surface area contributed by atoms with Crippen LogP contribution >= 0.6 is 23.8 Å². The predicted molar refractivity (Wildman–Crippen MR) is 120 cm³/mol. The van der Waals surface area contributed by atoms with E-state index in [-0.39, 0.29) is 22.4 Å². The van der Waals surface area contributed by atoms with Crippen molar-refractivity contribution in [2.75, 3.05) is 5.32 Å². The van der Waals surface area contributed by atoms with Gasteiger partial charge in [0.05, 0.1) is 11.0 Å². The first kappa shape index (κ1) is 21.4. The molecule has 1 atom stereocenters. The molecule has 0 aliphatic rings. The number of amides is 1. The highest BCUT2D eigenvalue weighted by Crippen LogP contribution is 2.21. The lowest BCUT2D eigenvalue weighted by Gasteiger charge is -2.15. The molecule has 154 valence electrons. The summed E-state index contributed by atoms with van der Waals surface area (Å²) in [5, 5.41) is 17.8. The Kier molecular flexibility index (Phi) is 6.40. The minimum Gasteiger partial charge on any atom is -0.382 e. The summed E-state index contributed by atoms with van der Waals surface area (Å²) >= 11 is 10.7. The normalized spacial score (nSPS) is 12.4. The molecule has 1 aromatic heterocycles. The number of fused-ring (bicyclic) bond motifs is 1. The number of nitrogens with two attached hydrogens (primary N) is 1. The molecular weight excluding hydrogens is 428 g/mol. The van der Waals surface area contributed by atoms with Crippen LogP contribution in [-0.2, 0) is 4.79 Å². The lowest BCUT2D eigenvalue weighted by Crippen LogP contribution is -2.31. The number of hydrogen-bond acceptors (Lipinski definition) is 6. The van der Waals surface area contributed by atoms with Gasteiger partial charge in [-0.2, -0.15) is 5.10 Å². The Labute approximate surface area is 181 Å². The quantitative estimate of drug-likeness (QED) is 0.229. The molecule has 0 fully saturated rings. The molecule has 0 saturated carbocycles. The van der Waals surface area contributed by atoms with Crippen molar-refractivity contribution in [3.8, 4) is 0 Å². The van der Waals surface area contributed by atoms with Crippen molar-refractivity contribution in [3.05, 3.63) is 69.1 Å². The zero-order chi connectivity index (χ0) is 21.8. The largest absolute Gasteiger partial charge is 0.382 e. The zero-order valence-corrected chi connectivity index (χ0v) is 17.2. The van der Waals surface area contributed by atoms with Gasteiger partial charge in [0.15, 0.2) is 10.8 Å². The highest BCUT2D eigenvalue weighted by atomic mass is 35.5. The van der Waals surface area contributed by atoms with Crippen LogP contribution < -0.4 is 22.0 Å². The molecule has 1 heterocycles. The van der Waals surface area contributed by atoms with Gasteiger partial charge in [-0.05, 0) is 48.1 Å². The van der Waals surface area contributed by atoms with Gasteiger partial charge >= 0.3 is 0 Å². The first-order chi connectivity index (χ1) is 14.2. The number of carbonyl (C=O) groups excluding carboxylic acids is 1. The molecule has 1 amide bonds. The van der Waals surface area contributed by atoms with Crippen LogP contribution in [0.1, 0.15) is 24.3 Å². The van der Waals surface area contributed by atoms with Crippen molar-refractivity contribution >= 4 is 57.3 Å². The number of nitrogens with one attached hydrogen (secondary N) is 3. The van der Waals surface area contributed by atoms with Crippen LogP contribution in [0.4, 0.5) is 5.69 Å². The predicted octanol–water partition coefficient (Wildman–Crippen LogP) is 1.81. The van der Waals surface area contributed by atoms with E-state index >= 15 is 0 Å². The fourth-order valence-electron chi connectivity index (χ4n) is 2.70. The van der Waals surface area contributed by atoms with E-state index in [2.05, 4.69) is 25.8 Å². The maximum Gasteiger partial charge on any atom is 0.276 e. The summed E-state index contributed by atoms with van der Waals surface area (Å²) in [6, 6.07) is 11.2. The van der Waals surface area contributed by atoms with Crippen LogP contribution in [-0.4, -0.2) is 31.8 Å². The third-order valence-electron chi connectivity index (χ3n) is 3.99. The Hall–Kier alpha value is -3.34. The molecule has 3 aromatic rings. The van der Waals surface area contributed by atoms with Crippen LogP contribution in [0.25, 0.3) is 11.0 Å². The van der Waals surface area contributed by atoms with Gasteiger partial charge in [0.2, 0.25) is 5.91 Å². The van der Waals surface area contributed by atoms with E-state index in [4.69, 9.17) is 29.6 Å². The number of hydrogen-bond donors (Lipinski definition) is 5. The number of halogens is 1. The second-order valence-corrected chi connectivity index (χ2v) is 7.13. The van der Waals surface area contributed by atoms with E-state index in [1.807, 2.05) is 0 Å². The minimum absolute atomic E-state index is 0.0897. The van der Waals surface area contributed by atoms with Crippen molar-refractivity contribution in [1.82, 2.24) is 15.4 Å². The molecule has 0 bridgehead atoms. The molecule has 0 radical (unpaired) electrons. The molecule has 9 nitrogen and oxygen atoms in total. The average Bonchev–Trinajstić information content (AvgIpc) is 2.68. The second kappa shape index (κ2) is 8.99. The topological polar surface area (TPSA) is 145 Å². The zero-order valence-electron chi connectivity index (χ0n) is 15.6. The molecule has 0 unspecified atom stereocenters. The van der Waals surface area contributed by atoms with Crippen molar-refractivity contribution in [2.24, 2.45) is 10.8 Å². The molecule has 0 saturated heterocycles. The van der Waals surface area contributed by atoms with Gasteiger partial charge in [-0.25, -0.2) is 4.98 Å². The molecule has 11 heteroatoms. The van der Waals surface area contributed by atoms with E-state index in [0.717, 1.165) is 0 Å². The molecule has 30 heavy (non-hydrogen) atoms. The maximum absolute atomic E-state index is 12.6. The number of H-pyrrole nitrogens is 1. The molecule has 0 aliphatic heterocycles. The lowest BCUT2D eigenvalue weighted by molar-refractivity contribution is -0.114. The molecule has 0 spiro atoms. The van der Waals surface area contributed by atoms with Gasteiger partial charge in [0, 0.05) is 17.6 Å². The summed E-state index contributed by atoms with van der Waals surface area (Å²) in [5.41, 5.74) is 8.88.